The van der Waals surface area contributed by atoms with E-state index < -0.39 is 6.10 Å². The van der Waals surface area contributed by atoms with Crippen molar-refractivity contribution < 1.29 is 14.3 Å². The third-order valence-corrected chi connectivity index (χ3v) is 2.42. The van der Waals surface area contributed by atoms with Crippen molar-refractivity contribution in [1.82, 2.24) is 0 Å². The maximum absolute atomic E-state index is 11.5. The monoisotopic (exact) mass is 236 g/mol. The molecule has 17 heavy (non-hydrogen) atoms. The molecule has 0 aromatic heterocycles. The minimum absolute atomic E-state index is 0.283. The van der Waals surface area contributed by atoms with Crippen molar-refractivity contribution >= 4 is 5.97 Å². The first-order valence-electron chi connectivity index (χ1n) is 6.06. The molecule has 0 saturated heterocycles. The van der Waals surface area contributed by atoms with Crippen LogP contribution in [-0.4, -0.2) is 18.7 Å². The van der Waals surface area contributed by atoms with E-state index in [-0.39, 0.29) is 5.97 Å². The fourth-order valence-corrected chi connectivity index (χ4v) is 1.30. The van der Waals surface area contributed by atoms with Crippen molar-refractivity contribution in [2.45, 2.75) is 39.4 Å². The van der Waals surface area contributed by atoms with Gasteiger partial charge < -0.3 is 9.47 Å². The molecule has 1 aromatic carbocycles. The van der Waals surface area contributed by atoms with Crippen LogP contribution in [0.4, 0.5) is 0 Å². The molecule has 1 atom stereocenters. The first kappa shape index (κ1) is 13.7. The van der Waals surface area contributed by atoms with Gasteiger partial charge in [-0.1, -0.05) is 43.7 Å². The number of unbranched alkanes of at least 4 members (excludes halogenated alkanes) is 1. The summed E-state index contributed by atoms with van der Waals surface area (Å²) < 4.78 is 10.5. The van der Waals surface area contributed by atoms with Gasteiger partial charge in [0.2, 0.25) is 0 Å². The lowest BCUT2D eigenvalue weighted by Crippen LogP contribution is -2.23. The Bertz CT molecular complexity index is 321. The molecule has 0 fully saturated rings. The first-order chi connectivity index (χ1) is 8.24. The predicted octanol–water partition coefficient (Wildman–Crippen LogP) is 2.94. The van der Waals surface area contributed by atoms with Crippen LogP contribution >= 0.6 is 0 Å². The van der Waals surface area contributed by atoms with Crippen molar-refractivity contribution in [3.05, 3.63) is 35.9 Å². The number of esters is 1. The summed E-state index contributed by atoms with van der Waals surface area (Å²) in [7, 11) is 0. The van der Waals surface area contributed by atoms with Crippen LogP contribution in [0.5, 0.6) is 0 Å². The summed E-state index contributed by atoms with van der Waals surface area (Å²) in [6.45, 7) is 4.69. The summed E-state index contributed by atoms with van der Waals surface area (Å²) in [6.07, 6.45) is 1.41. The summed E-state index contributed by atoms with van der Waals surface area (Å²) in [5.41, 5.74) is 1.06. The van der Waals surface area contributed by atoms with Gasteiger partial charge in [0, 0.05) is 0 Å². The summed E-state index contributed by atoms with van der Waals surface area (Å²) >= 11 is 0. The summed E-state index contributed by atoms with van der Waals surface area (Å²) in [4.78, 5) is 11.5. The van der Waals surface area contributed by atoms with E-state index in [1.54, 1.807) is 6.92 Å². The molecule has 94 valence electrons. The van der Waals surface area contributed by atoms with Crippen LogP contribution in [0, 0.1) is 0 Å². The maximum Gasteiger partial charge on any atom is 0.334 e. The van der Waals surface area contributed by atoms with E-state index in [2.05, 4.69) is 6.92 Å². The van der Waals surface area contributed by atoms with Crippen LogP contribution < -0.4 is 0 Å². The van der Waals surface area contributed by atoms with Crippen molar-refractivity contribution in [1.29, 1.82) is 0 Å². The van der Waals surface area contributed by atoms with Gasteiger partial charge in [-0.3, -0.25) is 0 Å². The molecule has 0 aliphatic carbocycles. The van der Waals surface area contributed by atoms with Gasteiger partial charge in [-0.05, 0) is 18.9 Å². The van der Waals surface area contributed by atoms with E-state index in [4.69, 9.17) is 9.47 Å². The zero-order chi connectivity index (χ0) is 12.5. The molecule has 0 spiro atoms. The lowest BCUT2D eigenvalue weighted by atomic mass is 10.2. The number of hydrogen-bond acceptors (Lipinski definition) is 3. The fraction of sp³-hybridized carbons (Fsp3) is 0.500. The molecule has 1 unspecified atom stereocenters. The van der Waals surface area contributed by atoms with Gasteiger partial charge in [0.15, 0.2) is 6.10 Å². The molecular formula is C14H20O3. The van der Waals surface area contributed by atoms with Crippen LogP contribution in [0.2, 0.25) is 0 Å². The van der Waals surface area contributed by atoms with Gasteiger partial charge in [-0.25, -0.2) is 4.79 Å². The lowest BCUT2D eigenvalue weighted by Gasteiger charge is -2.12. The molecule has 0 aliphatic heterocycles. The highest BCUT2D eigenvalue weighted by molar-refractivity contribution is 5.74. The van der Waals surface area contributed by atoms with E-state index in [9.17, 15) is 4.79 Å². The highest BCUT2D eigenvalue weighted by atomic mass is 16.6. The fourth-order valence-electron chi connectivity index (χ4n) is 1.30. The van der Waals surface area contributed by atoms with E-state index in [1.807, 2.05) is 30.3 Å². The largest absolute Gasteiger partial charge is 0.464 e. The summed E-state index contributed by atoms with van der Waals surface area (Å²) in [5, 5.41) is 0. The Kier molecular flexibility index (Phi) is 6.33. The number of carbonyl (C=O) groups is 1. The number of carbonyl (C=O) groups excluding carboxylic acids is 1. The number of rotatable bonds is 7. The number of ether oxygens (including phenoxy) is 2. The molecule has 0 saturated carbocycles. The molecule has 0 radical (unpaired) electrons. The SMILES string of the molecule is CCCCOC(=O)C(C)OCc1ccccc1. The summed E-state index contributed by atoms with van der Waals surface area (Å²) in [6, 6.07) is 9.78. The van der Waals surface area contributed by atoms with Gasteiger partial charge in [0.1, 0.15) is 0 Å². The Morgan fingerprint density at radius 3 is 2.65 bits per heavy atom. The van der Waals surface area contributed by atoms with Crippen molar-refractivity contribution in [2.75, 3.05) is 6.61 Å². The first-order valence-corrected chi connectivity index (χ1v) is 6.06. The van der Waals surface area contributed by atoms with Gasteiger partial charge >= 0.3 is 5.97 Å². The smallest absolute Gasteiger partial charge is 0.334 e. The Labute approximate surface area is 103 Å². The van der Waals surface area contributed by atoms with Crippen LogP contribution in [0.15, 0.2) is 30.3 Å². The second kappa shape index (κ2) is 7.85. The molecule has 0 bridgehead atoms. The predicted molar refractivity (Wildman–Crippen MR) is 66.6 cm³/mol. The van der Waals surface area contributed by atoms with E-state index in [1.165, 1.54) is 0 Å². The Morgan fingerprint density at radius 2 is 2.00 bits per heavy atom. The molecule has 0 aliphatic rings. The van der Waals surface area contributed by atoms with Gasteiger partial charge in [0.05, 0.1) is 13.2 Å². The third-order valence-electron chi connectivity index (χ3n) is 2.42. The molecule has 3 nitrogen and oxygen atoms in total. The molecule has 1 rings (SSSR count). The molecular weight excluding hydrogens is 216 g/mol. The molecule has 0 N–H and O–H groups in total. The summed E-state index contributed by atoms with van der Waals surface area (Å²) in [5.74, 6) is -0.283. The van der Waals surface area contributed by atoms with Gasteiger partial charge in [-0.2, -0.15) is 0 Å². The zero-order valence-corrected chi connectivity index (χ0v) is 10.5. The van der Waals surface area contributed by atoms with Crippen LogP contribution in [0.1, 0.15) is 32.3 Å². The van der Waals surface area contributed by atoms with E-state index in [0.717, 1.165) is 18.4 Å². The molecule has 0 heterocycles. The highest BCUT2D eigenvalue weighted by Gasteiger charge is 2.14. The van der Waals surface area contributed by atoms with E-state index >= 15 is 0 Å². The third kappa shape index (κ3) is 5.50. The second-order valence-electron chi connectivity index (χ2n) is 3.96. The van der Waals surface area contributed by atoms with Gasteiger partial charge in [0.25, 0.3) is 0 Å². The second-order valence-corrected chi connectivity index (χ2v) is 3.96. The topological polar surface area (TPSA) is 35.5 Å². The Morgan fingerprint density at radius 1 is 1.29 bits per heavy atom. The average molecular weight is 236 g/mol. The van der Waals surface area contributed by atoms with Crippen LogP contribution in [0.25, 0.3) is 0 Å². The quantitative estimate of drug-likeness (QED) is 0.539. The van der Waals surface area contributed by atoms with Gasteiger partial charge in [-0.15, -0.1) is 0 Å². The highest BCUT2D eigenvalue weighted by Crippen LogP contribution is 2.04. The van der Waals surface area contributed by atoms with Crippen LogP contribution in [-0.2, 0) is 20.9 Å². The zero-order valence-electron chi connectivity index (χ0n) is 10.5. The Hall–Kier alpha value is -1.35. The Balaban J connectivity index is 2.24. The minimum atomic E-state index is -0.507. The van der Waals surface area contributed by atoms with E-state index in [0.29, 0.717) is 13.2 Å². The molecule has 0 amide bonds. The standard InChI is InChI=1S/C14H20O3/c1-3-4-10-16-14(15)12(2)17-11-13-8-6-5-7-9-13/h5-9,12H,3-4,10-11H2,1-2H3. The molecule has 3 heteroatoms. The van der Waals surface area contributed by atoms with Crippen molar-refractivity contribution in [3.63, 3.8) is 0 Å². The number of benzene rings is 1. The van der Waals surface area contributed by atoms with Crippen LogP contribution in [0.3, 0.4) is 0 Å². The van der Waals surface area contributed by atoms with Crippen molar-refractivity contribution in [2.24, 2.45) is 0 Å². The number of hydrogen-bond donors (Lipinski definition) is 0. The minimum Gasteiger partial charge on any atom is -0.464 e. The normalized spacial score (nSPS) is 12.1. The lowest BCUT2D eigenvalue weighted by molar-refractivity contribution is -0.156. The maximum atomic E-state index is 11.5. The molecule has 1 aromatic rings. The average Bonchev–Trinajstić information content (AvgIpc) is 2.37. The van der Waals surface area contributed by atoms with Crippen molar-refractivity contribution in [3.8, 4) is 0 Å².